The molecule has 2 aromatic carbocycles. The fourth-order valence-corrected chi connectivity index (χ4v) is 3.30. The molecule has 1 aliphatic rings. The molecule has 0 saturated carbocycles. The van der Waals surface area contributed by atoms with Gasteiger partial charge in [0.2, 0.25) is 0 Å². The molecule has 4 heteroatoms. The number of carbonyl (C=O) groups is 1. The van der Waals surface area contributed by atoms with E-state index in [1.807, 2.05) is 29.2 Å². The normalized spacial score (nSPS) is 19.1. The highest BCUT2D eigenvalue weighted by Crippen LogP contribution is 2.28. The second-order valence-electron chi connectivity index (χ2n) is 6.25. The molecular formula is C19H21NO3. The number of aliphatic carboxylic acids is 1. The molecule has 0 spiro atoms. The van der Waals surface area contributed by atoms with Crippen molar-refractivity contribution in [2.45, 2.75) is 31.8 Å². The van der Waals surface area contributed by atoms with Crippen LogP contribution >= 0.6 is 0 Å². The van der Waals surface area contributed by atoms with Crippen molar-refractivity contribution in [1.29, 1.82) is 0 Å². The van der Waals surface area contributed by atoms with Crippen molar-refractivity contribution in [3.05, 3.63) is 65.2 Å². The third kappa shape index (κ3) is 3.37. The van der Waals surface area contributed by atoms with Crippen LogP contribution in [0.25, 0.3) is 0 Å². The number of hydrogen-bond donors (Lipinski definition) is 2. The number of rotatable bonds is 4. The third-order valence-corrected chi connectivity index (χ3v) is 4.58. The molecule has 0 saturated heterocycles. The monoisotopic (exact) mass is 311 g/mol. The number of phenols is 1. The molecule has 0 amide bonds. The van der Waals surface area contributed by atoms with E-state index < -0.39 is 12.0 Å². The Morgan fingerprint density at radius 3 is 2.65 bits per heavy atom. The lowest BCUT2D eigenvalue weighted by atomic mass is 9.91. The lowest BCUT2D eigenvalue weighted by molar-refractivity contribution is -0.144. The number of fused-ring (bicyclic) bond motifs is 1. The van der Waals surface area contributed by atoms with Gasteiger partial charge >= 0.3 is 5.97 Å². The van der Waals surface area contributed by atoms with Gasteiger partial charge in [0.1, 0.15) is 11.8 Å². The molecule has 0 bridgehead atoms. The summed E-state index contributed by atoms with van der Waals surface area (Å²) in [6.45, 7) is 3.35. The predicted octanol–water partition coefficient (Wildman–Crippen LogP) is 3.01. The maximum absolute atomic E-state index is 11.7. The smallest absolute Gasteiger partial charge is 0.321 e. The molecule has 1 aliphatic heterocycles. The third-order valence-electron chi connectivity index (χ3n) is 4.58. The van der Waals surface area contributed by atoms with Gasteiger partial charge in [0.25, 0.3) is 0 Å². The van der Waals surface area contributed by atoms with E-state index in [1.165, 1.54) is 5.56 Å². The number of carboxylic acid groups (broad SMARTS) is 1. The van der Waals surface area contributed by atoms with Crippen molar-refractivity contribution in [1.82, 2.24) is 4.90 Å². The summed E-state index contributed by atoms with van der Waals surface area (Å²) >= 11 is 0. The largest absolute Gasteiger partial charge is 0.508 e. The van der Waals surface area contributed by atoms with Crippen LogP contribution in [0.2, 0.25) is 0 Å². The Balaban J connectivity index is 1.83. The first-order chi connectivity index (χ1) is 11.0. The van der Waals surface area contributed by atoms with Gasteiger partial charge in [0.05, 0.1) is 0 Å². The van der Waals surface area contributed by atoms with Gasteiger partial charge in [-0.25, -0.2) is 0 Å². The Morgan fingerprint density at radius 1 is 1.22 bits per heavy atom. The van der Waals surface area contributed by atoms with Gasteiger partial charge in [-0.2, -0.15) is 0 Å². The van der Waals surface area contributed by atoms with Crippen LogP contribution in [0.4, 0.5) is 0 Å². The maximum Gasteiger partial charge on any atom is 0.321 e. The number of benzene rings is 2. The van der Waals surface area contributed by atoms with E-state index in [0.29, 0.717) is 19.5 Å². The fraction of sp³-hybridized carbons (Fsp3) is 0.316. The highest BCUT2D eigenvalue weighted by atomic mass is 16.4. The molecule has 1 heterocycles. The summed E-state index contributed by atoms with van der Waals surface area (Å²) < 4.78 is 0. The molecule has 3 rings (SSSR count). The average Bonchev–Trinajstić information content (AvgIpc) is 2.54. The van der Waals surface area contributed by atoms with Crippen molar-refractivity contribution in [3.63, 3.8) is 0 Å². The van der Waals surface area contributed by atoms with Crippen molar-refractivity contribution in [2.24, 2.45) is 0 Å². The van der Waals surface area contributed by atoms with Gasteiger partial charge in [0, 0.05) is 13.1 Å². The molecule has 2 atom stereocenters. The van der Waals surface area contributed by atoms with Gasteiger partial charge in [0.15, 0.2) is 0 Å². The van der Waals surface area contributed by atoms with Crippen molar-refractivity contribution < 1.29 is 15.0 Å². The minimum atomic E-state index is -0.788. The van der Waals surface area contributed by atoms with Gasteiger partial charge in [-0.15, -0.1) is 0 Å². The van der Waals surface area contributed by atoms with E-state index >= 15 is 0 Å². The van der Waals surface area contributed by atoms with Gasteiger partial charge in [-0.3, -0.25) is 9.69 Å². The lowest BCUT2D eigenvalue weighted by Gasteiger charge is -2.36. The molecule has 4 nitrogen and oxygen atoms in total. The number of aromatic hydroxyl groups is 1. The molecule has 0 aliphatic carbocycles. The van der Waals surface area contributed by atoms with E-state index in [1.54, 1.807) is 12.1 Å². The summed E-state index contributed by atoms with van der Waals surface area (Å²) in [7, 11) is 0. The zero-order chi connectivity index (χ0) is 16.4. The molecule has 2 aromatic rings. The van der Waals surface area contributed by atoms with Crippen molar-refractivity contribution >= 4 is 5.97 Å². The first kappa shape index (κ1) is 15.6. The first-order valence-corrected chi connectivity index (χ1v) is 7.87. The zero-order valence-electron chi connectivity index (χ0n) is 13.1. The molecule has 0 radical (unpaired) electrons. The quantitative estimate of drug-likeness (QED) is 0.911. The van der Waals surface area contributed by atoms with Gasteiger partial charge in [-0.1, -0.05) is 43.3 Å². The fourth-order valence-electron chi connectivity index (χ4n) is 3.30. The molecule has 0 aromatic heterocycles. The highest BCUT2D eigenvalue weighted by Gasteiger charge is 2.32. The van der Waals surface area contributed by atoms with E-state index in [-0.39, 0.29) is 11.7 Å². The first-order valence-electron chi connectivity index (χ1n) is 7.87. The van der Waals surface area contributed by atoms with Crippen LogP contribution in [0.1, 0.15) is 29.5 Å². The van der Waals surface area contributed by atoms with Crippen molar-refractivity contribution in [2.75, 3.05) is 6.54 Å². The second kappa shape index (κ2) is 6.42. The predicted molar refractivity (Wildman–Crippen MR) is 88.5 cm³/mol. The van der Waals surface area contributed by atoms with Gasteiger partial charge < -0.3 is 10.2 Å². The average molecular weight is 311 g/mol. The van der Waals surface area contributed by atoms with Crippen LogP contribution < -0.4 is 0 Å². The zero-order valence-corrected chi connectivity index (χ0v) is 13.1. The molecule has 23 heavy (non-hydrogen) atoms. The molecule has 0 fully saturated rings. The van der Waals surface area contributed by atoms with Crippen LogP contribution in [0.3, 0.4) is 0 Å². The van der Waals surface area contributed by atoms with Crippen LogP contribution in [0, 0.1) is 0 Å². The Kier molecular flexibility index (Phi) is 4.35. The minimum Gasteiger partial charge on any atom is -0.508 e. The standard InChI is InChI=1S/C19H21NO3/c1-13(14-5-3-2-4-6-14)11-20-12-16-9-17(21)8-7-15(16)10-18(20)19(22)23/h2-9,13,18,21H,10-12H2,1H3,(H,22,23)/t13?,18-/m1/s1. The minimum absolute atomic E-state index is 0.230. The number of hydrogen-bond acceptors (Lipinski definition) is 3. The molecular weight excluding hydrogens is 290 g/mol. The Hall–Kier alpha value is -2.33. The van der Waals surface area contributed by atoms with E-state index in [2.05, 4.69) is 19.1 Å². The van der Waals surface area contributed by atoms with Crippen molar-refractivity contribution in [3.8, 4) is 5.75 Å². The number of phenolic OH excluding ortho intramolecular Hbond substituents is 1. The Morgan fingerprint density at radius 2 is 1.96 bits per heavy atom. The van der Waals surface area contributed by atoms with Crippen LogP contribution in [-0.2, 0) is 17.8 Å². The summed E-state index contributed by atoms with van der Waals surface area (Å²) in [6, 6.07) is 14.8. The lowest BCUT2D eigenvalue weighted by Crippen LogP contribution is -2.46. The summed E-state index contributed by atoms with van der Waals surface area (Å²) in [5.41, 5.74) is 3.24. The molecule has 2 N–H and O–H groups in total. The van der Waals surface area contributed by atoms with Gasteiger partial charge in [-0.05, 0) is 41.2 Å². The number of carboxylic acids is 1. The Bertz CT molecular complexity index is 699. The number of nitrogens with zero attached hydrogens (tertiary/aromatic N) is 1. The van der Waals surface area contributed by atoms with Crippen LogP contribution in [-0.4, -0.2) is 33.7 Å². The summed E-state index contributed by atoms with van der Waals surface area (Å²) in [5.74, 6) is -0.311. The Labute approximate surface area is 136 Å². The van der Waals surface area contributed by atoms with Crippen LogP contribution in [0.15, 0.2) is 48.5 Å². The second-order valence-corrected chi connectivity index (χ2v) is 6.25. The summed E-state index contributed by atoms with van der Waals surface area (Å²) in [4.78, 5) is 13.7. The maximum atomic E-state index is 11.7. The SMILES string of the molecule is CC(CN1Cc2cc(O)ccc2C[C@@H]1C(=O)O)c1ccccc1. The van der Waals surface area contributed by atoms with E-state index in [0.717, 1.165) is 11.1 Å². The summed E-state index contributed by atoms with van der Waals surface area (Å²) in [6.07, 6.45) is 0.479. The highest BCUT2D eigenvalue weighted by molar-refractivity contribution is 5.74. The van der Waals surface area contributed by atoms with E-state index in [4.69, 9.17) is 0 Å². The summed E-state index contributed by atoms with van der Waals surface area (Å²) in [5, 5.41) is 19.3. The van der Waals surface area contributed by atoms with E-state index in [9.17, 15) is 15.0 Å². The molecule has 1 unspecified atom stereocenters. The topological polar surface area (TPSA) is 60.8 Å². The molecule has 120 valence electrons. The van der Waals surface area contributed by atoms with Crippen LogP contribution in [0.5, 0.6) is 5.75 Å².